The van der Waals surface area contributed by atoms with Crippen molar-refractivity contribution in [2.24, 2.45) is 5.41 Å². The molecule has 1 aromatic heterocycles. The van der Waals surface area contributed by atoms with E-state index in [9.17, 15) is 9.59 Å². The second-order valence-electron chi connectivity index (χ2n) is 7.54. The van der Waals surface area contributed by atoms with Gasteiger partial charge in [-0.1, -0.05) is 39.5 Å². The molecule has 27 heavy (non-hydrogen) atoms. The Kier molecular flexibility index (Phi) is 10.4. The molecule has 1 heterocycles. The van der Waals surface area contributed by atoms with Crippen LogP contribution in [0.3, 0.4) is 0 Å². The number of alkyl halides is 1. The van der Waals surface area contributed by atoms with Crippen LogP contribution in [0.4, 0.5) is 0 Å². The summed E-state index contributed by atoms with van der Waals surface area (Å²) in [7, 11) is 0. The SMILES string of the molecule is CCCCCNC(=O)c1coc(CN(CCCCC)C(=O)C(C)(C)CCl)n1. The number of amides is 2. The summed E-state index contributed by atoms with van der Waals surface area (Å²) in [6.07, 6.45) is 7.50. The fourth-order valence-corrected chi connectivity index (χ4v) is 2.72. The maximum atomic E-state index is 12.8. The largest absolute Gasteiger partial charge is 0.446 e. The molecule has 0 radical (unpaired) electrons. The van der Waals surface area contributed by atoms with E-state index >= 15 is 0 Å². The van der Waals surface area contributed by atoms with E-state index in [0.717, 1.165) is 38.5 Å². The summed E-state index contributed by atoms with van der Waals surface area (Å²) < 4.78 is 5.45. The summed E-state index contributed by atoms with van der Waals surface area (Å²) >= 11 is 5.97. The number of nitrogens with zero attached hydrogens (tertiary/aromatic N) is 2. The molecule has 1 rings (SSSR count). The van der Waals surface area contributed by atoms with Crippen molar-refractivity contribution in [3.05, 3.63) is 17.8 Å². The van der Waals surface area contributed by atoms with E-state index in [2.05, 4.69) is 24.1 Å². The van der Waals surface area contributed by atoms with Gasteiger partial charge in [0.1, 0.15) is 6.26 Å². The monoisotopic (exact) mass is 399 g/mol. The van der Waals surface area contributed by atoms with Crippen LogP contribution in [0.1, 0.15) is 82.6 Å². The molecule has 6 nitrogen and oxygen atoms in total. The van der Waals surface area contributed by atoms with Crippen molar-refractivity contribution < 1.29 is 14.0 Å². The highest BCUT2D eigenvalue weighted by Gasteiger charge is 2.32. The number of nitrogens with one attached hydrogen (secondary N) is 1. The molecule has 0 aliphatic heterocycles. The summed E-state index contributed by atoms with van der Waals surface area (Å²) in [6, 6.07) is 0. The Morgan fingerprint density at radius 3 is 2.48 bits per heavy atom. The van der Waals surface area contributed by atoms with Crippen LogP contribution in [-0.2, 0) is 11.3 Å². The number of carbonyl (C=O) groups is 2. The molecule has 0 saturated heterocycles. The van der Waals surface area contributed by atoms with Crippen molar-refractivity contribution in [1.82, 2.24) is 15.2 Å². The van der Waals surface area contributed by atoms with Gasteiger partial charge in [0.2, 0.25) is 11.8 Å². The summed E-state index contributed by atoms with van der Waals surface area (Å²) in [5.74, 6) is 0.333. The van der Waals surface area contributed by atoms with Gasteiger partial charge in [-0.2, -0.15) is 0 Å². The van der Waals surface area contributed by atoms with E-state index in [1.807, 2.05) is 13.8 Å². The molecule has 7 heteroatoms. The lowest BCUT2D eigenvalue weighted by Crippen LogP contribution is -2.42. The summed E-state index contributed by atoms with van der Waals surface area (Å²) in [6.45, 7) is 9.39. The Balaban J connectivity index is 2.73. The number of oxazole rings is 1. The van der Waals surface area contributed by atoms with Gasteiger partial charge in [-0.3, -0.25) is 9.59 Å². The van der Waals surface area contributed by atoms with Crippen LogP contribution in [-0.4, -0.2) is 40.7 Å². The van der Waals surface area contributed by atoms with E-state index in [1.165, 1.54) is 6.26 Å². The Bertz CT molecular complexity index is 587. The number of hydrogen-bond donors (Lipinski definition) is 1. The molecule has 0 atom stereocenters. The molecule has 0 aromatic carbocycles. The summed E-state index contributed by atoms with van der Waals surface area (Å²) in [4.78, 5) is 30.9. The van der Waals surface area contributed by atoms with Gasteiger partial charge in [0.15, 0.2) is 5.69 Å². The smallest absolute Gasteiger partial charge is 0.273 e. The van der Waals surface area contributed by atoms with Gasteiger partial charge < -0.3 is 14.6 Å². The van der Waals surface area contributed by atoms with E-state index in [4.69, 9.17) is 16.0 Å². The molecule has 0 fully saturated rings. The highest BCUT2D eigenvalue weighted by Crippen LogP contribution is 2.22. The van der Waals surface area contributed by atoms with Gasteiger partial charge in [0.05, 0.1) is 12.0 Å². The van der Waals surface area contributed by atoms with Crippen molar-refractivity contribution in [3.63, 3.8) is 0 Å². The zero-order chi connectivity index (χ0) is 20.3. The fourth-order valence-electron chi connectivity index (χ4n) is 2.61. The number of hydrogen-bond acceptors (Lipinski definition) is 4. The molecule has 0 aliphatic rings. The molecular weight excluding hydrogens is 366 g/mol. The van der Waals surface area contributed by atoms with Crippen molar-refractivity contribution in [3.8, 4) is 0 Å². The first kappa shape index (κ1) is 23.5. The number of aromatic nitrogens is 1. The zero-order valence-corrected chi connectivity index (χ0v) is 17.9. The molecule has 0 aliphatic carbocycles. The number of halogens is 1. The highest BCUT2D eigenvalue weighted by molar-refractivity contribution is 6.19. The zero-order valence-electron chi connectivity index (χ0n) is 17.1. The quantitative estimate of drug-likeness (QED) is 0.394. The Morgan fingerprint density at radius 2 is 1.85 bits per heavy atom. The number of rotatable bonds is 13. The first-order valence-corrected chi connectivity index (χ1v) is 10.5. The van der Waals surface area contributed by atoms with E-state index in [0.29, 0.717) is 19.0 Å². The molecule has 0 spiro atoms. The van der Waals surface area contributed by atoms with Crippen molar-refractivity contribution in [1.29, 1.82) is 0 Å². The number of unbranched alkanes of at least 4 members (excludes halogenated alkanes) is 4. The van der Waals surface area contributed by atoms with Crippen molar-refractivity contribution in [2.45, 2.75) is 72.8 Å². The third-order valence-corrected chi connectivity index (χ3v) is 5.08. The minimum Gasteiger partial charge on any atom is -0.446 e. The van der Waals surface area contributed by atoms with Gasteiger partial charge in [-0.25, -0.2) is 4.98 Å². The minimum absolute atomic E-state index is 0.0302. The van der Waals surface area contributed by atoms with Crippen LogP contribution >= 0.6 is 11.6 Å². The first-order valence-electron chi connectivity index (χ1n) is 9.93. The van der Waals surface area contributed by atoms with Gasteiger partial charge >= 0.3 is 0 Å². The molecule has 0 saturated carbocycles. The second-order valence-corrected chi connectivity index (χ2v) is 7.81. The average Bonchev–Trinajstić information content (AvgIpc) is 3.12. The average molecular weight is 400 g/mol. The van der Waals surface area contributed by atoms with Crippen LogP contribution in [0.5, 0.6) is 0 Å². The maximum Gasteiger partial charge on any atom is 0.273 e. The third-order valence-electron chi connectivity index (χ3n) is 4.41. The van der Waals surface area contributed by atoms with Gasteiger partial charge in [-0.05, 0) is 26.7 Å². The standard InChI is InChI=1S/C20H34ClN3O3/c1-5-7-9-11-22-18(25)16-14-27-17(23-16)13-24(12-10-8-6-2)19(26)20(3,4)15-21/h14H,5-13,15H2,1-4H3,(H,22,25). The van der Waals surface area contributed by atoms with Crippen LogP contribution in [0.25, 0.3) is 0 Å². The molecule has 0 unspecified atom stereocenters. The van der Waals surface area contributed by atoms with Crippen LogP contribution in [0, 0.1) is 5.41 Å². The summed E-state index contributed by atoms with van der Waals surface area (Å²) in [5, 5.41) is 2.84. The lowest BCUT2D eigenvalue weighted by Gasteiger charge is -2.30. The van der Waals surface area contributed by atoms with Gasteiger partial charge in [0, 0.05) is 19.0 Å². The highest BCUT2D eigenvalue weighted by atomic mass is 35.5. The number of carbonyl (C=O) groups excluding carboxylic acids is 2. The van der Waals surface area contributed by atoms with Crippen LogP contribution in [0.2, 0.25) is 0 Å². The van der Waals surface area contributed by atoms with Crippen LogP contribution in [0.15, 0.2) is 10.7 Å². The predicted octanol–water partition coefficient (Wildman–Crippen LogP) is 4.38. The lowest BCUT2D eigenvalue weighted by atomic mass is 9.94. The fraction of sp³-hybridized carbons (Fsp3) is 0.750. The van der Waals surface area contributed by atoms with E-state index in [1.54, 1.807) is 4.90 Å². The van der Waals surface area contributed by atoms with Crippen LogP contribution < -0.4 is 5.32 Å². The predicted molar refractivity (Wildman–Crippen MR) is 108 cm³/mol. The Labute approximate surface area is 168 Å². The van der Waals surface area contributed by atoms with Gasteiger partial charge in [-0.15, -0.1) is 11.6 Å². The van der Waals surface area contributed by atoms with Crippen molar-refractivity contribution in [2.75, 3.05) is 19.0 Å². The molecule has 2 amide bonds. The van der Waals surface area contributed by atoms with E-state index in [-0.39, 0.29) is 29.9 Å². The second kappa shape index (κ2) is 12.0. The Morgan fingerprint density at radius 1 is 1.19 bits per heavy atom. The third kappa shape index (κ3) is 7.91. The molecule has 1 N–H and O–H groups in total. The molecule has 1 aromatic rings. The Hall–Kier alpha value is -1.56. The molecular formula is C20H34ClN3O3. The normalized spacial score (nSPS) is 11.4. The van der Waals surface area contributed by atoms with Gasteiger partial charge in [0.25, 0.3) is 5.91 Å². The molecule has 154 valence electrons. The maximum absolute atomic E-state index is 12.8. The molecule has 0 bridgehead atoms. The lowest BCUT2D eigenvalue weighted by molar-refractivity contribution is -0.140. The van der Waals surface area contributed by atoms with E-state index < -0.39 is 5.41 Å². The topological polar surface area (TPSA) is 75.4 Å². The minimum atomic E-state index is -0.653. The first-order chi connectivity index (χ1) is 12.9. The van der Waals surface area contributed by atoms with Crippen molar-refractivity contribution >= 4 is 23.4 Å². The summed E-state index contributed by atoms with van der Waals surface area (Å²) in [5.41, 5.74) is -0.404.